The van der Waals surface area contributed by atoms with Crippen molar-refractivity contribution in [2.45, 2.75) is 39.0 Å². The quantitative estimate of drug-likeness (QED) is 0.244. The van der Waals surface area contributed by atoms with Gasteiger partial charge in [0.05, 0.1) is 0 Å². The van der Waals surface area contributed by atoms with Crippen molar-refractivity contribution in [2.24, 2.45) is 10.4 Å². The zero-order valence-corrected chi connectivity index (χ0v) is 17.1. The SMILES string of the molecule is CCNC(=NCC1(CCOC)CCC1)NCCCN(C)C.I. The van der Waals surface area contributed by atoms with E-state index in [1.165, 1.54) is 19.3 Å². The first-order valence-electron chi connectivity index (χ1n) is 8.28. The molecular weight excluding hydrogens is 391 g/mol. The van der Waals surface area contributed by atoms with Crippen LogP contribution < -0.4 is 10.6 Å². The van der Waals surface area contributed by atoms with E-state index in [1.807, 2.05) is 0 Å². The van der Waals surface area contributed by atoms with E-state index in [1.54, 1.807) is 7.11 Å². The van der Waals surface area contributed by atoms with Crippen molar-refractivity contribution in [3.05, 3.63) is 0 Å². The number of methoxy groups -OCH3 is 1. The third-order valence-electron chi connectivity index (χ3n) is 4.24. The largest absolute Gasteiger partial charge is 0.385 e. The number of nitrogens with zero attached hydrogens (tertiary/aromatic N) is 2. The Morgan fingerprint density at radius 3 is 2.50 bits per heavy atom. The normalized spacial score (nSPS) is 16.9. The van der Waals surface area contributed by atoms with Crippen LogP contribution in [-0.4, -0.2) is 64.9 Å². The van der Waals surface area contributed by atoms with Crippen LogP contribution in [0.2, 0.25) is 0 Å². The fraction of sp³-hybridized carbons (Fsp3) is 0.938. The minimum Gasteiger partial charge on any atom is -0.385 e. The van der Waals surface area contributed by atoms with Gasteiger partial charge in [0, 0.05) is 33.4 Å². The summed E-state index contributed by atoms with van der Waals surface area (Å²) in [5.41, 5.74) is 0.391. The van der Waals surface area contributed by atoms with Crippen LogP contribution >= 0.6 is 24.0 Å². The van der Waals surface area contributed by atoms with Gasteiger partial charge in [0.15, 0.2) is 5.96 Å². The van der Waals surface area contributed by atoms with Crippen LogP contribution in [0.1, 0.15) is 39.0 Å². The maximum Gasteiger partial charge on any atom is 0.191 e. The fourth-order valence-electron chi connectivity index (χ4n) is 2.67. The summed E-state index contributed by atoms with van der Waals surface area (Å²) in [6.07, 6.45) is 6.19. The van der Waals surface area contributed by atoms with Crippen LogP contribution in [0.4, 0.5) is 0 Å². The Morgan fingerprint density at radius 1 is 1.27 bits per heavy atom. The molecule has 0 spiro atoms. The summed E-state index contributed by atoms with van der Waals surface area (Å²) in [6.45, 7) is 6.85. The Bertz CT molecular complexity index is 307. The summed E-state index contributed by atoms with van der Waals surface area (Å²) in [5.74, 6) is 0.958. The molecule has 0 aromatic carbocycles. The summed E-state index contributed by atoms with van der Waals surface area (Å²) in [5, 5.41) is 6.78. The van der Waals surface area contributed by atoms with Crippen LogP contribution in [0, 0.1) is 5.41 Å². The Kier molecular flexibility index (Phi) is 12.3. The molecule has 0 bridgehead atoms. The molecule has 132 valence electrons. The molecular formula is C16H35IN4O. The highest BCUT2D eigenvalue weighted by Crippen LogP contribution is 2.44. The Hall–Kier alpha value is -0.0800. The second-order valence-electron chi connectivity index (χ2n) is 6.38. The van der Waals surface area contributed by atoms with E-state index in [9.17, 15) is 0 Å². The van der Waals surface area contributed by atoms with E-state index in [2.05, 4.69) is 36.6 Å². The zero-order chi connectivity index (χ0) is 15.6. The number of guanidine groups is 1. The van der Waals surface area contributed by atoms with E-state index in [-0.39, 0.29) is 24.0 Å². The second kappa shape index (κ2) is 12.4. The van der Waals surface area contributed by atoms with Gasteiger partial charge < -0.3 is 20.3 Å². The van der Waals surface area contributed by atoms with Crippen LogP contribution in [0.25, 0.3) is 0 Å². The summed E-state index contributed by atoms with van der Waals surface area (Å²) >= 11 is 0. The molecule has 2 N–H and O–H groups in total. The molecule has 1 saturated carbocycles. The van der Waals surface area contributed by atoms with Gasteiger partial charge in [-0.2, -0.15) is 0 Å². The van der Waals surface area contributed by atoms with Gasteiger partial charge >= 0.3 is 0 Å². The first kappa shape index (κ1) is 21.9. The molecule has 0 aliphatic heterocycles. The van der Waals surface area contributed by atoms with Crippen LogP contribution in [-0.2, 0) is 4.74 Å². The smallest absolute Gasteiger partial charge is 0.191 e. The average Bonchev–Trinajstić information content (AvgIpc) is 2.41. The lowest BCUT2D eigenvalue weighted by Gasteiger charge is -2.40. The number of rotatable bonds is 10. The van der Waals surface area contributed by atoms with Gasteiger partial charge in [0.1, 0.15) is 0 Å². The molecule has 1 aliphatic rings. The molecule has 0 amide bonds. The van der Waals surface area contributed by atoms with Gasteiger partial charge in [-0.3, -0.25) is 4.99 Å². The minimum atomic E-state index is 0. The van der Waals surface area contributed by atoms with E-state index >= 15 is 0 Å². The topological polar surface area (TPSA) is 48.9 Å². The molecule has 0 saturated heterocycles. The van der Waals surface area contributed by atoms with Crippen molar-refractivity contribution >= 4 is 29.9 Å². The summed E-state index contributed by atoms with van der Waals surface area (Å²) in [7, 11) is 6.00. The molecule has 22 heavy (non-hydrogen) atoms. The molecule has 0 aromatic rings. The average molecular weight is 426 g/mol. The van der Waals surface area contributed by atoms with E-state index in [4.69, 9.17) is 9.73 Å². The lowest BCUT2D eigenvalue weighted by Crippen LogP contribution is -2.41. The molecule has 0 atom stereocenters. The molecule has 1 aliphatic carbocycles. The molecule has 1 fully saturated rings. The third kappa shape index (κ3) is 8.53. The van der Waals surface area contributed by atoms with Gasteiger partial charge in [-0.05, 0) is 58.7 Å². The molecule has 5 nitrogen and oxygen atoms in total. The number of ether oxygens (including phenoxy) is 1. The maximum absolute atomic E-state index is 5.25. The highest BCUT2D eigenvalue weighted by Gasteiger charge is 2.36. The van der Waals surface area contributed by atoms with Crippen LogP contribution in [0.15, 0.2) is 4.99 Å². The zero-order valence-electron chi connectivity index (χ0n) is 14.8. The highest BCUT2D eigenvalue weighted by molar-refractivity contribution is 14.0. The van der Waals surface area contributed by atoms with E-state index in [0.29, 0.717) is 5.41 Å². The lowest BCUT2D eigenvalue weighted by molar-refractivity contribution is 0.0778. The van der Waals surface area contributed by atoms with Crippen molar-refractivity contribution in [1.29, 1.82) is 0 Å². The van der Waals surface area contributed by atoms with Crippen molar-refractivity contribution in [3.8, 4) is 0 Å². The van der Waals surface area contributed by atoms with Gasteiger partial charge in [0.2, 0.25) is 0 Å². The maximum atomic E-state index is 5.25. The fourth-order valence-corrected chi connectivity index (χ4v) is 2.67. The van der Waals surface area contributed by atoms with Crippen LogP contribution in [0.3, 0.4) is 0 Å². The minimum absolute atomic E-state index is 0. The Balaban J connectivity index is 0.00000441. The molecule has 0 aromatic heterocycles. The van der Waals surface area contributed by atoms with Gasteiger partial charge in [0.25, 0.3) is 0 Å². The monoisotopic (exact) mass is 426 g/mol. The Labute approximate surface area is 153 Å². The molecule has 6 heteroatoms. The molecule has 0 heterocycles. The predicted octanol–water partition coefficient (Wildman–Crippen LogP) is 2.32. The predicted molar refractivity (Wildman–Crippen MR) is 105 cm³/mol. The summed E-state index contributed by atoms with van der Waals surface area (Å²) in [4.78, 5) is 7.01. The van der Waals surface area contributed by atoms with Crippen LogP contribution in [0.5, 0.6) is 0 Å². The second-order valence-corrected chi connectivity index (χ2v) is 6.38. The number of halogens is 1. The molecule has 0 unspecified atom stereocenters. The number of hydrogen-bond donors (Lipinski definition) is 2. The lowest BCUT2D eigenvalue weighted by atomic mass is 9.67. The van der Waals surface area contributed by atoms with Crippen molar-refractivity contribution in [3.63, 3.8) is 0 Å². The third-order valence-corrected chi connectivity index (χ3v) is 4.24. The van der Waals surface area contributed by atoms with Gasteiger partial charge in [-0.15, -0.1) is 24.0 Å². The van der Waals surface area contributed by atoms with Gasteiger partial charge in [-0.1, -0.05) is 6.42 Å². The Morgan fingerprint density at radius 2 is 2.00 bits per heavy atom. The number of hydrogen-bond acceptors (Lipinski definition) is 3. The van der Waals surface area contributed by atoms with Crippen molar-refractivity contribution in [2.75, 3.05) is 54.0 Å². The molecule has 1 rings (SSSR count). The van der Waals surface area contributed by atoms with E-state index < -0.39 is 0 Å². The first-order valence-corrected chi connectivity index (χ1v) is 8.28. The first-order chi connectivity index (χ1) is 10.1. The van der Waals surface area contributed by atoms with E-state index in [0.717, 1.165) is 51.6 Å². The summed E-state index contributed by atoms with van der Waals surface area (Å²) in [6, 6.07) is 0. The molecule has 0 radical (unpaired) electrons. The van der Waals surface area contributed by atoms with Crippen molar-refractivity contribution in [1.82, 2.24) is 15.5 Å². The van der Waals surface area contributed by atoms with Crippen molar-refractivity contribution < 1.29 is 4.74 Å². The van der Waals surface area contributed by atoms with Gasteiger partial charge in [-0.25, -0.2) is 0 Å². The summed E-state index contributed by atoms with van der Waals surface area (Å²) < 4.78 is 5.25. The standard InChI is InChI=1S/C16H34N4O.HI/c1-5-17-15(18-11-7-12-20(2)3)19-14-16(8-6-9-16)10-13-21-4;/h5-14H2,1-4H3,(H2,17,18,19);1H. The highest BCUT2D eigenvalue weighted by atomic mass is 127. The number of nitrogens with one attached hydrogen (secondary N) is 2. The number of aliphatic imine (C=N–C) groups is 1.